The van der Waals surface area contributed by atoms with Crippen LogP contribution in [0.1, 0.15) is 85.5 Å². The van der Waals surface area contributed by atoms with Gasteiger partial charge in [-0.05, 0) is 97.2 Å². The molecule has 0 bridgehead atoms. The summed E-state index contributed by atoms with van der Waals surface area (Å²) in [5, 5.41) is 33.9. The van der Waals surface area contributed by atoms with Gasteiger partial charge in [0, 0.05) is 6.42 Å². The number of methoxy groups -OCH3 is 1. The molecule has 184 valence electrons. The van der Waals surface area contributed by atoms with Gasteiger partial charge in [-0.25, -0.2) is 0 Å². The first-order valence-electron chi connectivity index (χ1n) is 13.2. The maximum absolute atomic E-state index is 11.8. The van der Waals surface area contributed by atoms with E-state index in [1.54, 1.807) is 0 Å². The molecule has 12 atom stereocenters. The topological polar surface area (TPSA) is 87.0 Å². The van der Waals surface area contributed by atoms with Crippen LogP contribution in [-0.2, 0) is 9.53 Å². The van der Waals surface area contributed by atoms with Gasteiger partial charge in [0.2, 0.25) is 0 Å². The molecular formula is C27H46O5. The minimum Gasteiger partial charge on any atom is -0.469 e. The summed E-state index contributed by atoms with van der Waals surface area (Å²) in [5.74, 6) is 1.96. The second-order valence-electron chi connectivity index (χ2n) is 12.3. The van der Waals surface area contributed by atoms with Gasteiger partial charge in [0.1, 0.15) is 0 Å². The molecule has 32 heavy (non-hydrogen) atoms. The Balaban J connectivity index is 1.63. The molecular weight excluding hydrogens is 404 g/mol. The third kappa shape index (κ3) is 3.56. The highest BCUT2D eigenvalue weighted by atomic mass is 16.5. The lowest BCUT2D eigenvalue weighted by atomic mass is 9.41. The van der Waals surface area contributed by atoms with Gasteiger partial charge >= 0.3 is 5.97 Å². The third-order valence-electron chi connectivity index (χ3n) is 11.3. The van der Waals surface area contributed by atoms with E-state index in [2.05, 4.69) is 27.7 Å². The largest absolute Gasteiger partial charge is 0.469 e. The van der Waals surface area contributed by atoms with E-state index < -0.39 is 0 Å². The number of carbonyl (C=O) groups excluding carboxylic acids is 1. The van der Waals surface area contributed by atoms with Crippen LogP contribution in [0.4, 0.5) is 0 Å². The highest BCUT2D eigenvalue weighted by Crippen LogP contribution is 2.69. The summed E-state index contributed by atoms with van der Waals surface area (Å²) in [6.07, 6.45) is 6.69. The maximum Gasteiger partial charge on any atom is 0.305 e. The standard InChI is InChI=1S/C27H46O5/c1-6-17-20-13-16(28)11-12-26(20,3)21-14-22(29)27(4)18(15(2)7-10-23(30)32-5)8-9-19(27)24(21)25(17)31/h15-22,24-25,28-29,31H,6-14H2,1-5H3/t15?,16-,17-,18?,19?,20+,21?,22+,24?,25?,26+,27-/m1/s1. The van der Waals surface area contributed by atoms with E-state index in [9.17, 15) is 20.1 Å². The highest BCUT2D eigenvalue weighted by Gasteiger charge is 2.67. The van der Waals surface area contributed by atoms with E-state index >= 15 is 0 Å². The molecule has 4 rings (SSSR count). The van der Waals surface area contributed by atoms with E-state index in [-0.39, 0.29) is 46.9 Å². The molecule has 3 N–H and O–H groups in total. The van der Waals surface area contributed by atoms with Gasteiger partial charge in [-0.15, -0.1) is 0 Å². The molecule has 4 aliphatic carbocycles. The normalized spacial score (nSPS) is 51.3. The number of aliphatic hydroxyl groups is 3. The summed E-state index contributed by atoms with van der Waals surface area (Å²) in [5.41, 5.74) is -0.131. The van der Waals surface area contributed by atoms with E-state index in [1.807, 2.05) is 0 Å². The van der Waals surface area contributed by atoms with Crippen LogP contribution in [0.3, 0.4) is 0 Å². The van der Waals surface area contributed by atoms with E-state index in [1.165, 1.54) is 7.11 Å². The summed E-state index contributed by atoms with van der Waals surface area (Å²) in [7, 11) is 1.44. The minimum absolute atomic E-state index is 0.0840. The molecule has 0 aromatic rings. The molecule has 4 fully saturated rings. The highest BCUT2D eigenvalue weighted by molar-refractivity contribution is 5.69. The monoisotopic (exact) mass is 450 g/mol. The number of esters is 1. The van der Waals surface area contributed by atoms with Crippen LogP contribution >= 0.6 is 0 Å². The lowest BCUT2D eigenvalue weighted by Crippen LogP contribution is -2.65. The first kappa shape index (κ1) is 24.5. The zero-order valence-corrected chi connectivity index (χ0v) is 20.8. The lowest BCUT2D eigenvalue weighted by Gasteiger charge is -2.65. The van der Waals surface area contributed by atoms with Crippen molar-refractivity contribution in [2.45, 2.75) is 104 Å². The van der Waals surface area contributed by atoms with Crippen LogP contribution in [0.5, 0.6) is 0 Å². The summed E-state index contributed by atoms with van der Waals surface area (Å²) in [6.45, 7) is 9.10. The fraction of sp³-hybridized carbons (Fsp3) is 0.963. The molecule has 0 radical (unpaired) electrons. The number of fused-ring (bicyclic) bond motifs is 5. The Hall–Kier alpha value is -0.650. The molecule has 4 saturated carbocycles. The van der Waals surface area contributed by atoms with Crippen LogP contribution < -0.4 is 0 Å². The van der Waals surface area contributed by atoms with Gasteiger partial charge in [0.25, 0.3) is 0 Å². The molecule has 0 aromatic carbocycles. The molecule has 0 aromatic heterocycles. The van der Waals surface area contributed by atoms with E-state index in [0.29, 0.717) is 36.0 Å². The van der Waals surface area contributed by atoms with Crippen molar-refractivity contribution < 1.29 is 24.9 Å². The average Bonchev–Trinajstić information content (AvgIpc) is 3.12. The molecule has 5 heteroatoms. The average molecular weight is 451 g/mol. The lowest BCUT2D eigenvalue weighted by molar-refractivity contribution is -0.228. The summed E-state index contributed by atoms with van der Waals surface area (Å²) in [6, 6.07) is 0. The fourth-order valence-corrected chi connectivity index (χ4v) is 9.54. The smallest absolute Gasteiger partial charge is 0.305 e. The van der Waals surface area contributed by atoms with Crippen molar-refractivity contribution in [3.05, 3.63) is 0 Å². The van der Waals surface area contributed by atoms with E-state index in [4.69, 9.17) is 4.74 Å². The zero-order chi connectivity index (χ0) is 23.4. The molecule has 4 aliphatic rings. The zero-order valence-electron chi connectivity index (χ0n) is 20.8. The Labute approximate surface area is 194 Å². The van der Waals surface area contributed by atoms with Crippen molar-refractivity contribution >= 4 is 5.97 Å². The predicted molar refractivity (Wildman–Crippen MR) is 124 cm³/mol. The van der Waals surface area contributed by atoms with Crippen LogP contribution in [0.25, 0.3) is 0 Å². The number of ether oxygens (including phenoxy) is 1. The fourth-order valence-electron chi connectivity index (χ4n) is 9.54. The number of hydrogen-bond acceptors (Lipinski definition) is 5. The first-order chi connectivity index (χ1) is 15.1. The Morgan fingerprint density at radius 3 is 2.44 bits per heavy atom. The van der Waals surface area contributed by atoms with Crippen molar-refractivity contribution in [1.29, 1.82) is 0 Å². The molecule has 0 heterocycles. The van der Waals surface area contributed by atoms with Crippen molar-refractivity contribution in [1.82, 2.24) is 0 Å². The third-order valence-corrected chi connectivity index (χ3v) is 11.3. The van der Waals surface area contributed by atoms with Gasteiger partial charge < -0.3 is 20.1 Å². The van der Waals surface area contributed by atoms with Crippen LogP contribution in [0.15, 0.2) is 0 Å². The van der Waals surface area contributed by atoms with Crippen LogP contribution in [0.2, 0.25) is 0 Å². The maximum atomic E-state index is 11.8. The van der Waals surface area contributed by atoms with Crippen molar-refractivity contribution in [3.8, 4) is 0 Å². The first-order valence-corrected chi connectivity index (χ1v) is 13.2. The predicted octanol–water partition coefficient (Wildman–Crippen LogP) is 4.17. The molecule has 6 unspecified atom stereocenters. The van der Waals surface area contributed by atoms with Gasteiger partial charge in [-0.3, -0.25) is 4.79 Å². The Morgan fingerprint density at radius 1 is 1.06 bits per heavy atom. The van der Waals surface area contributed by atoms with Crippen molar-refractivity contribution in [2.24, 2.45) is 52.3 Å². The number of rotatable bonds is 5. The SMILES string of the molecule is CC[C@H]1C(O)C2C3CCC(C(C)CCC(=O)OC)[C@@]3(C)[C@@H](O)CC2[C@@]2(C)CC[C@@H](O)C[C@@H]12. The molecule has 0 aliphatic heterocycles. The molecule has 0 amide bonds. The second kappa shape index (κ2) is 8.85. The second-order valence-corrected chi connectivity index (χ2v) is 12.3. The van der Waals surface area contributed by atoms with Crippen LogP contribution in [0, 0.1) is 52.3 Å². The van der Waals surface area contributed by atoms with Gasteiger partial charge in [-0.2, -0.15) is 0 Å². The Bertz CT molecular complexity index is 696. The van der Waals surface area contributed by atoms with Crippen molar-refractivity contribution in [2.75, 3.05) is 7.11 Å². The van der Waals surface area contributed by atoms with Crippen LogP contribution in [-0.4, -0.2) is 46.7 Å². The summed E-state index contributed by atoms with van der Waals surface area (Å²) in [4.78, 5) is 11.7. The van der Waals surface area contributed by atoms with Gasteiger partial charge in [0.05, 0.1) is 25.4 Å². The Morgan fingerprint density at radius 2 is 1.78 bits per heavy atom. The number of hydrogen-bond donors (Lipinski definition) is 3. The summed E-state index contributed by atoms with van der Waals surface area (Å²) < 4.78 is 4.85. The molecule has 0 saturated heterocycles. The van der Waals surface area contributed by atoms with Gasteiger partial charge in [-0.1, -0.05) is 34.1 Å². The summed E-state index contributed by atoms with van der Waals surface area (Å²) >= 11 is 0. The molecule has 0 spiro atoms. The number of carbonyl (C=O) groups is 1. The number of aliphatic hydroxyl groups excluding tert-OH is 3. The Kier molecular flexibility index (Phi) is 6.77. The minimum atomic E-state index is -0.378. The quantitative estimate of drug-likeness (QED) is 0.547. The van der Waals surface area contributed by atoms with E-state index in [0.717, 1.165) is 51.4 Å². The van der Waals surface area contributed by atoms with Crippen molar-refractivity contribution in [3.63, 3.8) is 0 Å². The molecule has 5 nitrogen and oxygen atoms in total. The van der Waals surface area contributed by atoms with Gasteiger partial charge in [0.15, 0.2) is 0 Å².